The first-order valence-corrected chi connectivity index (χ1v) is 12.2. The van der Waals surface area contributed by atoms with Crippen LogP contribution in [-0.2, 0) is 6.05 Å². The summed E-state index contributed by atoms with van der Waals surface area (Å²) < 4.78 is 36.6. The van der Waals surface area contributed by atoms with Gasteiger partial charge in [0.05, 0.1) is 22.9 Å². The van der Waals surface area contributed by atoms with Gasteiger partial charge in [-0.05, 0) is 44.3 Å². The molecule has 1 fully saturated rings. The van der Waals surface area contributed by atoms with E-state index in [0.29, 0.717) is 46.5 Å². The molecule has 5 rings (SSSR count). The largest absolute Gasteiger partial charge is 0.457 e. The van der Waals surface area contributed by atoms with E-state index in [1.807, 2.05) is 25.8 Å². The van der Waals surface area contributed by atoms with E-state index in [9.17, 15) is 4.79 Å². The number of rotatable bonds is 6. The molecule has 0 unspecified atom stereocenters. The van der Waals surface area contributed by atoms with Gasteiger partial charge in [0, 0.05) is 61.0 Å². The van der Waals surface area contributed by atoms with Gasteiger partial charge in [-0.25, -0.2) is 0 Å². The highest BCUT2D eigenvalue weighted by Gasteiger charge is 2.56. The normalized spacial score (nSPS) is 16.4. The molecule has 1 amide bonds. The Hall–Kier alpha value is -3.85. The SMILES string of the molecule is CC.CNc1cc(Oc2ccnc(-c3ccc4c(c3)C(F)(F)N(C3CN(C)C3)C4=O)c2)ccc1C(C)=N. The first-order chi connectivity index (χ1) is 17.7. The molecule has 7 nitrogen and oxygen atoms in total. The summed E-state index contributed by atoms with van der Waals surface area (Å²) in [7, 11) is 3.61. The summed E-state index contributed by atoms with van der Waals surface area (Å²) >= 11 is 0. The number of fused-ring (bicyclic) bond motifs is 1. The molecule has 2 aliphatic heterocycles. The Labute approximate surface area is 215 Å². The van der Waals surface area contributed by atoms with Crippen LogP contribution in [0, 0.1) is 5.41 Å². The molecule has 1 aromatic heterocycles. The molecule has 3 aromatic rings. The predicted octanol–water partition coefficient (Wildman–Crippen LogP) is 5.82. The topological polar surface area (TPSA) is 81.6 Å². The van der Waals surface area contributed by atoms with Crippen LogP contribution in [0.25, 0.3) is 11.3 Å². The van der Waals surface area contributed by atoms with Crippen molar-refractivity contribution >= 4 is 17.3 Å². The second-order valence-electron chi connectivity index (χ2n) is 8.91. The summed E-state index contributed by atoms with van der Waals surface area (Å²) in [4.78, 5) is 19.7. The third-order valence-electron chi connectivity index (χ3n) is 6.43. The molecule has 0 atom stereocenters. The summed E-state index contributed by atoms with van der Waals surface area (Å²) in [5, 5.41) is 10.9. The first kappa shape index (κ1) is 26.2. The Kier molecular flexibility index (Phi) is 7.27. The Morgan fingerprint density at radius 1 is 1.11 bits per heavy atom. The van der Waals surface area contributed by atoms with Crippen LogP contribution in [0.4, 0.5) is 14.5 Å². The minimum atomic E-state index is -3.37. The van der Waals surface area contributed by atoms with Crippen LogP contribution in [-0.4, -0.2) is 59.6 Å². The summed E-state index contributed by atoms with van der Waals surface area (Å²) in [6, 6.07) is 9.28. The lowest BCUT2D eigenvalue weighted by Crippen LogP contribution is -2.61. The number of hydrogen-bond donors (Lipinski definition) is 2. The Morgan fingerprint density at radius 3 is 2.46 bits per heavy atom. The average Bonchev–Trinajstić information content (AvgIpc) is 3.07. The van der Waals surface area contributed by atoms with Gasteiger partial charge < -0.3 is 20.4 Å². The van der Waals surface area contributed by atoms with Crippen LogP contribution in [0.1, 0.15) is 42.3 Å². The maximum absolute atomic E-state index is 15.3. The Balaban J connectivity index is 0.00000156. The molecule has 2 aliphatic rings. The van der Waals surface area contributed by atoms with E-state index in [2.05, 4.69) is 10.3 Å². The fraction of sp³-hybridized carbons (Fsp3) is 0.321. The van der Waals surface area contributed by atoms with E-state index >= 15 is 8.78 Å². The molecule has 194 valence electrons. The van der Waals surface area contributed by atoms with Crippen molar-refractivity contribution in [1.82, 2.24) is 14.8 Å². The number of hydrogen-bond acceptors (Lipinski definition) is 6. The number of nitrogens with zero attached hydrogens (tertiary/aromatic N) is 3. The smallest absolute Gasteiger partial charge is 0.356 e. The molecular weight excluding hydrogens is 476 g/mol. The Bertz CT molecular complexity index is 1340. The molecule has 2 N–H and O–H groups in total. The van der Waals surface area contributed by atoms with Gasteiger partial charge in [0.15, 0.2) is 0 Å². The number of amides is 1. The van der Waals surface area contributed by atoms with E-state index < -0.39 is 18.0 Å². The van der Waals surface area contributed by atoms with Crippen molar-refractivity contribution in [1.29, 1.82) is 5.41 Å². The van der Waals surface area contributed by atoms with Crippen molar-refractivity contribution in [3.63, 3.8) is 0 Å². The van der Waals surface area contributed by atoms with E-state index in [1.165, 1.54) is 12.1 Å². The van der Waals surface area contributed by atoms with Gasteiger partial charge in [0.2, 0.25) is 0 Å². The summed E-state index contributed by atoms with van der Waals surface area (Å²) in [5.41, 5.74) is 2.63. The van der Waals surface area contributed by atoms with E-state index in [4.69, 9.17) is 10.1 Å². The van der Waals surface area contributed by atoms with Gasteiger partial charge in [0.1, 0.15) is 11.5 Å². The number of pyridine rings is 1. The van der Waals surface area contributed by atoms with E-state index in [0.717, 1.165) is 11.3 Å². The molecule has 0 radical (unpaired) electrons. The highest BCUT2D eigenvalue weighted by Crippen LogP contribution is 2.45. The monoisotopic (exact) mass is 507 g/mol. The predicted molar refractivity (Wildman–Crippen MR) is 141 cm³/mol. The van der Waals surface area contributed by atoms with Crippen molar-refractivity contribution in [2.75, 3.05) is 32.5 Å². The minimum absolute atomic E-state index is 0.0295. The number of halogens is 2. The van der Waals surface area contributed by atoms with Crippen molar-refractivity contribution < 1.29 is 18.3 Å². The molecule has 0 bridgehead atoms. The number of aromatic nitrogens is 1. The van der Waals surface area contributed by atoms with Crippen molar-refractivity contribution in [2.45, 2.75) is 32.9 Å². The number of nitrogens with one attached hydrogen (secondary N) is 2. The molecule has 9 heteroatoms. The van der Waals surface area contributed by atoms with Crippen LogP contribution < -0.4 is 10.1 Å². The first-order valence-electron chi connectivity index (χ1n) is 12.2. The van der Waals surface area contributed by atoms with Crippen molar-refractivity contribution in [3.05, 3.63) is 71.4 Å². The van der Waals surface area contributed by atoms with Gasteiger partial charge in [-0.15, -0.1) is 0 Å². The van der Waals surface area contributed by atoms with Gasteiger partial charge in [-0.3, -0.25) is 14.7 Å². The van der Waals surface area contributed by atoms with Crippen LogP contribution >= 0.6 is 0 Å². The number of likely N-dealkylation sites (N-methyl/N-ethyl adjacent to an activating group) is 1. The zero-order valence-corrected chi connectivity index (χ0v) is 21.6. The maximum Gasteiger partial charge on any atom is 0.356 e. The van der Waals surface area contributed by atoms with Crippen LogP contribution in [0.15, 0.2) is 54.7 Å². The van der Waals surface area contributed by atoms with Crippen molar-refractivity contribution in [3.8, 4) is 22.8 Å². The maximum atomic E-state index is 15.3. The number of carbonyl (C=O) groups excluding carboxylic acids is 1. The highest BCUT2D eigenvalue weighted by atomic mass is 19.3. The number of alkyl halides is 2. The van der Waals surface area contributed by atoms with Gasteiger partial charge in [0.25, 0.3) is 5.91 Å². The number of anilines is 1. The fourth-order valence-electron chi connectivity index (χ4n) is 4.64. The zero-order chi connectivity index (χ0) is 26.9. The summed E-state index contributed by atoms with van der Waals surface area (Å²) in [5.74, 6) is 0.408. The number of likely N-dealkylation sites (tertiary alicyclic amines) is 1. The number of carbonyl (C=O) groups is 1. The second kappa shape index (κ2) is 10.3. The van der Waals surface area contributed by atoms with Crippen molar-refractivity contribution in [2.24, 2.45) is 0 Å². The van der Waals surface area contributed by atoms with Gasteiger partial charge >= 0.3 is 6.05 Å². The average molecular weight is 508 g/mol. The van der Waals surface area contributed by atoms with Crippen LogP contribution in [0.3, 0.4) is 0 Å². The lowest BCUT2D eigenvalue weighted by Gasteiger charge is -2.43. The quantitative estimate of drug-likeness (QED) is 0.325. The summed E-state index contributed by atoms with van der Waals surface area (Å²) in [6.45, 7) is 6.57. The molecule has 37 heavy (non-hydrogen) atoms. The molecule has 0 aliphatic carbocycles. The lowest BCUT2D eigenvalue weighted by molar-refractivity contribution is -0.156. The van der Waals surface area contributed by atoms with E-state index in [1.54, 1.807) is 56.6 Å². The second-order valence-corrected chi connectivity index (χ2v) is 8.91. The highest BCUT2D eigenvalue weighted by molar-refractivity contribution is 6.01. The lowest BCUT2D eigenvalue weighted by atomic mass is 10.0. The molecular formula is C28H31F2N5O2. The zero-order valence-electron chi connectivity index (χ0n) is 21.6. The number of ether oxygens (including phenoxy) is 1. The standard InChI is InChI=1S/C26H25F2N5O2.C2H6/c1-15(29)20-7-5-18(12-24(20)30-2)35-19-8-9-31-23(11-19)16-4-6-21-22(10-16)26(27,28)33(25(21)34)17-13-32(3)14-17;1-2/h4-12,17,29-30H,13-14H2,1-3H3;1-2H3. The molecule has 0 spiro atoms. The van der Waals surface area contributed by atoms with Gasteiger partial charge in [-0.2, -0.15) is 8.78 Å². The summed E-state index contributed by atoms with van der Waals surface area (Å²) in [6.07, 6.45) is 1.55. The fourth-order valence-corrected chi connectivity index (χ4v) is 4.64. The molecule has 0 saturated carbocycles. The van der Waals surface area contributed by atoms with E-state index in [-0.39, 0.29) is 11.1 Å². The minimum Gasteiger partial charge on any atom is -0.457 e. The van der Waals surface area contributed by atoms with Crippen LogP contribution in [0.5, 0.6) is 11.5 Å². The van der Waals surface area contributed by atoms with Crippen LogP contribution in [0.2, 0.25) is 0 Å². The number of benzene rings is 2. The molecule has 3 heterocycles. The molecule has 2 aromatic carbocycles. The molecule has 1 saturated heterocycles. The Morgan fingerprint density at radius 2 is 1.81 bits per heavy atom. The third-order valence-corrected chi connectivity index (χ3v) is 6.43. The van der Waals surface area contributed by atoms with Gasteiger partial charge in [-0.1, -0.05) is 19.9 Å². The third kappa shape index (κ3) is 4.79.